The number of aromatic nitrogens is 1. The van der Waals surface area contributed by atoms with Crippen LogP contribution in [0.3, 0.4) is 0 Å². The summed E-state index contributed by atoms with van der Waals surface area (Å²) in [6.07, 6.45) is 5.74. The second-order valence-corrected chi connectivity index (χ2v) is 6.75. The zero-order valence-electron chi connectivity index (χ0n) is 14.8. The summed E-state index contributed by atoms with van der Waals surface area (Å²) in [4.78, 5) is 17.2. The number of hydrogen-bond acceptors (Lipinski definition) is 5. The number of carbonyl (C=O) groups excluding carboxylic acids is 1. The van der Waals surface area contributed by atoms with Gasteiger partial charge in [0.05, 0.1) is 5.92 Å². The predicted octanol–water partition coefficient (Wildman–Crippen LogP) is 2.55. The zero-order chi connectivity index (χ0) is 18.8. The van der Waals surface area contributed by atoms with Gasteiger partial charge in [-0.2, -0.15) is 0 Å². The topological polar surface area (TPSA) is 88.2 Å². The van der Waals surface area contributed by atoms with Gasteiger partial charge in [-0.05, 0) is 34.2 Å². The standard InChI is InChI=1S/C21H20BN3O2/c23-12-19(17-2-1-3-20-18(17)6-8-22(27)25-20)21(26)11-14-4-5-16-13-24-9-7-15(16)10-14/h1-10,13,19,25,27H,11-12,23H2. The van der Waals surface area contributed by atoms with E-state index in [1.54, 1.807) is 12.2 Å². The molecule has 2 aromatic carbocycles. The third kappa shape index (κ3) is 3.49. The highest BCUT2D eigenvalue weighted by molar-refractivity contribution is 6.61. The molecule has 2 heterocycles. The summed E-state index contributed by atoms with van der Waals surface area (Å²) in [6.45, 7) is 0.239. The van der Waals surface area contributed by atoms with Crippen molar-refractivity contribution in [2.24, 2.45) is 5.73 Å². The second-order valence-electron chi connectivity index (χ2n) is 6.75. The summed E-state index contributed by atoms with van der Waals surface area (Å²) < 4.78 is 0. The van der Waals surface area contributed by atoms with E-state index < -0.39 is 13.0 Å². The molecule has 5 nitrogen and oxygen atoms in total. The average Bonchev–Trinajstić information content (AvgIpc) is 2.68. The van der Waals surface area contributed by atoms with Crippen LogP contribution in [0.5, 0.6) is 0 Å². The first kappa shape index (κ1) is 17.5. The maximum Gasteiger partial charge on any atom is 0.438 e. The van der Waals surface area contributed by atoms with Crippen LogP contribution in [0, 0.1) is 0 Å². The number of pyridine rings is 1. The molecule has 1 unspecified atom stereocenters. The lowest BCUT2D eigenvalue weighted by Crippen LogP contribution is -2.28. The van der Waals surface area contributed by atoms with Gasteiger partial charge in [0.1, 0.15) is 5.78 Å². The van der Waals surface area contributed by atoms with Crippen LogP contribution in [-0.4, -0.2) is 29.4 Å². The van der Waals surface area contributed by atoms with Gasteiger partial charge in [0.15, 0.2) is 0 Å². The molecule has 27 heavy (non-hydrogen) atoms. The number of ketones is 1. The van der Waals surface area contributed by atoms with Crippen LogP contribution in [0.25, 0.3) is 16.8 Å². The Bertz CT molecular complexity index is 1030. The van der Waals surface area contributed by atoms with Gasteiger partial charge in [-0.15, -0.1) is 0 Å². The third-order valence-corrected chi connectivity index (χ3v) is 4.97. The third-order valence-electron chi connectivity index (χ3n) is 4.97. The fourth-order valence-corrected chi connectivity index (χ4v) is 3.59. The Kier molecular flexibility index (Phi) is 4.75. The zero-order valence-corrected chi connectivity index (χ0v) is 14.8. The average molecular weight is 357 g/mol. The first-order chi connectivity index (χ1) is 13.2. The number of nitrogens with zero attached hydrogens (tertiary/aromatic N) is 1. The van der Waals surface area contributed by atoms with E-state index >= 15 is 0 Å². The number of hydrogen-bond donors (Lipinski definition) is 3. The van der Waals surface area contributed by atoms with E-state index in [2.05, 4.69) is 10.2 Å². The number of nitrogens with two attached hydrogens (primary N) is 1. The summed E-state index contributed by atoms with van der Waals surface area (Å²) in [6, 6.07) is 13.6. The first-order valence-corrected chi connectivity index (χ1v) is 8.97. The van der Waals surface area contributed by atoms with Crippen molar-refractivity contribution >= 4 is 35.4 Å². The molecule has 0 radical (unpaired) electrons. The fourth-order valence-electron chi connectivity index (χ4n) is 3.59. The monoisotopic (exact) mass is 357 g/mol. The minimum atomic E-state index is -0.716. The number of rotatable bonds is 5. The molecule has 134 valence electrons. The second kappa shape index (κ2) is 7.35. The SMILES string of the molecule is NCC(C(=O)Cc1ccc2cnccc2c1)c1cccc2c1C=CB(O)N2. The van der Waals surface area contributed by atoms with Gasteiger partial charge in [-0.3, -0.25) is 9.78 Å². The molecule has 1 aromatic heterocycles. The molecule has 0 bridgehead atoms. The molecule has 0 saturated heterocycles. The lowest BCUT2D eigenvalue weighted by Gasteiger charge is -2.22. The Hall–Kier alpha value is -2.96. The molecule has 4 N–H and O–H groups in total. The fraction of sp³-hybridized carbons (Fsp3) is 0.143. The quantitative estimate of drug-likeness (QED) is 0.611. The Labute approximate surface area is 158 Å². The van der Waals surface area contributed by atoms with Crippen molar-refractivity contribution in [2.75, 3.05) is 11.8 Å². The van der Waals surface area contributed by atoms with Crippen molar-refractivity contribution in [1.29, 1.82) is 0 Å². The highest BCUT2D eigenvalue weighted by Crippen LogP contribution is 2.31. The van der Waals surface area contributed by atoms with Crippen molar-refractivity contribution in [3.63, 3.8) is 0 Å². The largest absolute Gasteiger partial charge is 0.438 e. The summed E-state index contributed by atoms with van der Waals surface area (Å²) in [5, 5.41) is 14.9. The lowest BCUT2D eigenvalue weighted by atomic mass is 9.77. The van der Waals surface area contributed by atoms with Crippen molar-refractivity contribution in [1.82, 2.24) is 4.98 Å². The van der Waals surface area contributed by atoms with Gasteiger partial charge in [-0.25, -0.2) is 0 Å². The summed E-state index contributed by atoms with van der Waals surface area (Å²) in [5.74, 6) is 1.36. The molecule has 0 fully saturated rings. The highest BCUT2D eigenvalue weighted by Gasteiger charge is 2.25. The first-order valence-electron chi connectivity index (χ1n) is 8.97. The van der Waals surface area contributed by atoms with Crippen LogP contribution >= 0.6 is 0 Å². The van der Waals surface area contributed by atoms with Crippen molar-refractivity contribution in [2.45, 2.75) is 12.3 Å². The van der Waals surface area contributed by atoms with Crippen LogP contribution < -0.4 is 11.0 Å². The predicted molar refractivity (Wildman–Crippen MR) is 109 cm³/mol. The van der Waals surface area contributed by atoms with Crippen LogP contribution in [-0.2, 0) is 11.2 Å². The van der Waals surface area contributed by atoms with Crippen molar-refractivity contribution in [3.05, 3.63) is 77.5 Å². The van der Waals surface area contributed by atoms with Crippen LogP contribution in [0.15, 0.2) is 60.8 Å². The molecular weight excluding hydrogens is 337 g/mol. The van der Waals surface area contributed by atoms with E-state index in [-0.39, 0.29) is 12.3 Å². The molecule has 0 amide bonds. The molecule has 3 aromatic rings. The Morgan fingerprint density at radius 3 is 2.96 bits per heavy atom. The number of fused-ring (bicyclic) bond motifs is 2. The van der Waals surface area contributed by atoms with E-state index in [0.717, 1.165) is 33.2 Å². The minimum absolute atomic E-state index is 0.0822. The molecule has 0 aliphatic carbocycles. The maximum atomic E-state index is 13.0. The Balaban J connectivity index is 1.62. The number of Topliss-reactive ketones (excluding diaryl/α,β-unsaturated/α-hetero) is 1. The van der Waals surface area contributed by atoms with E-state index in [9.17, 15) is 9.82 Å². The van der Waals surface area contributed by atoms with Gasteiger partial charge in [0, 0.05) is 36.4 Å². The van der Waals surface area contributed by atoms with Gasteiger partial charge in [0.25, 0.3) is 0 Å². The van der Waals surface area contributed by atoms with Crippen molar-refractivity contribution in [3.8, 4) is 0 Å². The molecule has 4 rings (SSSR count). The van der Waals surface area contributed by atoms with Gasteiger partial charge in [0.2, 0.25) is 0 Å². The van der Waals surface area contributed by atoms with Crippen LogP contribution in [0.2, 0.25) is 0 Å². The van der Waals surface area contributed by atoms with E-state index in [4.69, 9.17) is 5.73 Å². The molecule has 6 heteroatoms. The summed E-state index contributed by atoms with van der Waals surface area (Å²) in [5.41, 5.74) is 9.57. The molecule has 0 saturated carbocycles. The minimum Gasteiger partial charge on any atom is -0.429 e. The number of nitrogens with one attached hydrogen (secondary N) is 1. The van der Waals surface area contributed by atoms with E-state index in [0.29, 0.717) is 6.42 Å². The summed E-state index contributed by atoms with van der Waals surface area (Å²) >= 11 is 0. The van der Waals surface area contributed by atoms with E-state index in [1.807, 2.05) is 54.7 Å². The number of carbonyl (C=O) groups is 1. The normalized spacial score (nSPS) is 13.9. The maximum absolute atomic E-state index is 13.0. The molecule has 1 aliphatic rings. The number of benzene rings is 2. The lowest BCUT2D eigenvalue weighted by molar-refractivity contribution is -0.119. The highest BCUT2D eigenvalue weighted by atomic mass is 16.2. The Morgan fingerprint density at radius 2 is 2.11 bits per heavy atom. The van der Waals surface area contributed by atoms with Gasteiger partial charge < -0.3 is 16.0 Å². The van der Waals surface area contributed by atoms with Gasteiger partial charge >= 0.3 is 7.05 Å². The molecule has 0 spiro atoms. The van der Waals surface area contributed by atoms with Gasteiger partial charge in [-0.1, -0.05) is 42.4 Å². The van der Waals surface area contributed by atoms with Crippen LogP contribution in [0.4, 0.5) is 5.69 Å². The summed E-state index contributed by atoms with van der Waals surface area (Å²) in [7, 11) is -0.716. The number of anilines is 1. The van der Waals surface area contributed by atoms with E-state index in [1.165, 1.54) is 0 Å². The molecular formula is C21H20BN3O2. The van der Waals surface area contributed by atoms with Crippen molar-refractivity contribution < 1.29 is 9.82 Å². The molecule has 1 aliphatic heterocycles. The molecule has 1 atom stereocenters. The van der Waals surface area contributed by atoms with Crippen LogP contribution in [0.1, 0.15) is 22.6 Å². The Morgan fingerprint density at radius 1 is 1.22 bits per heavy atom. The smallest absolute Gasteiger partial charge is 0.429 e.